The molecule has 3 nitrogen and oxygen atoms in total. The molecule has 0 spiro atoms. The van der Waals surface area contributed by atoms with Crippen LogP contribution in [0.2, 0.25) is 0 Å². The van der Waals surface area contributed by atoms with Gasteiger partial charge in [-0.05, 0) is 25.8 Å². The van der Waals surface area contributed by atoms with Crippen LogP contribution in [0.1, 0.15) is 19.3 Å². The molecule has 2 rings (SSSR count). The van der Waals surface area contributed by atoms with Gasteiger partial charge in [-0.1, -0.05) is 0 Å². The first kappa shape index (κ1) is 8.05. The van der Waals surface area contributed by atoms with Crippen molar-refractivity contribution in [2.24, 2.45) is 5.92 Å². The summed E-state index contributed by atoms with van der Waals surface area (Å²) in [5, 5.41) is 3.27. The fourth-order valence-corrected chi connectivity index (χ4v) is 1.86. The third kappa shape index (κ3) is 1.46. The van der Waals surface area contributed by atoms with E-state index in [0.29, 0.717) is 5.91 Å². The summed E-state index contributed by atoms with van der Waals surface area (Å²) >= 11 is 0. The molecule has 68 valence electrons. The third-order valence-electron chi connectivity index (χ3n) is 2.81. The molecular weight excluding hydrogens is 152 g/mol. The van der Waals surface area contributed by atoms with Gasteiger partial charge in [-0.15, -0.1) is 0 Å². The van der Waals surface area contributed by atoms with Gasteiger partial charge >= 0.3 is 0 Å². The molecule has 0 radical (unpaired) electrons. The van der Waals surface area contributed by atoms with Crippen molar-refractivity contribution < 1.29 is 4.79 Å². The Kier molecular flexibility index (Phi) is 2.30. The van der Waals surface area contributed by atoms with E-state index in [1.54, 1.807) is 0 Å². The van der Waals surface area contributed by atoms with Crippen molar-refractivity contribution >= 4 is 5.91 Å². The van der Waals surface area contributed by atoms with E-state index in [1.165, 1.54) is 6.42 Å². The Labute approximate surface area is 73.1 Å². The summed E-state index contributed by atoms with van der Waals surface area (Å²) in [5.41, 5.74) is 0. The minimum atomic E-state index is 0.277. The molecule has 1 unspecified atom stereocenters. The molecule has 3 heteroatoms. The first-order chi connectivity index (χ1) is 5.88. The van der Waals surface area contributed by atoms with Crippen molar-refractivity contribution in [3.05, 3.63) is 0 Å². The average Bonchev–Trinajstić information content (AvgIpc) is 2.03. The Morgan fingerprint density at radius 2 is 2.17 bits per heavy atom. The second-order valence-electron chi connectivity index (χ2n) is 3.72. The largest absolute Gasteiger partial charge is 0.342 e. The molecule has 0 aromatic carbocycles. The molecule has 2 aliphatic heterocycles. The zero-order valence-corrected chi connectivity index (χ0v) is 7.38. The van der Waals surface area contributed by atoms with Crippen LogP contribution < -0.4 is 5.32 Å². The number of rotatable bonds is 1. The predicted molar refractivity (Wildman–Crippen MR) is 46.8 cm³/mol. The van der Waals surface area contributed by atoms with Crippen molar-refractivity contribution in [3.8, 4) is 0 Å². The first-order valence-electron chi connectivity index (χ1n) is 4.87. The van der Waals surface area contributed by atoms with Gasteiger partial charge in [0.25, 0.3) is 0 Å². The zero-order valence-electron chi connectivity index (χ0n) is 7.38. The van der Waals surface area contributed by atoms with Crippen molar-refractivity contribution in [2.45, 2.75) is 19.3 Å². The molecule has 0 bridgehead atoms. The Bertz CT molecular complexity index is 171. The van der Waals surface area contributed by atoms with Gasteiger partial charge in [0.05, 0.1) is 5.92 Å². The summed E-state index contributed by atoms with van der Waals surface area (Å²) in [7, 11) is 0. The lowest BCUT2D eigenvalue weighted by Crippen LogP contribution is -2.48. The minimum Gasteiger partial charge on any atom is -0.342 e. The van der Waals surface area contributed by atoms with Crippen LogP contribution in [0.4, 0.5) is 0 Å². The van der Waals surface area contributed by atoms with Crippen LogP contribution in [0.25, 0.3) is 0 Å². The Morgan fingerprint density at radius 3 is 2.67 bits per heavy atom. The van der Waals surface area contributed by atoms with Gasteiger partial charge in [0.15, 0.2) is 0 Å². The van der Waals surface area contributed by atoms with Gasteiger partial charge in [-0.2, -0.15) is 0 Å². The number of amides is 1. The van der Waals surface area contributed by atoms with Crippen molar-refractivity contribution in [2.75, 3.05) is 26.2 Å². The van der Waals surface area contributed by atoms with E-state index in [-0.39, 0.29) is 5.92 Å². The minimum absolute atomic E-state index is 0.277. The Balaban J connectivity index is 1.84. The summed E-state index contributed by atoms with van der Waals surface area (Å²) in [6.45, 7) is 3.98. The highest BCUT2D eigenvalue weighted by atomic mass is 16.2. The van der Waals surface area contributed by atoms with Crippen molar-refractivity contribution in [1.82, 2.24) is 10.2 Å². The van der Waals surface area contributed by atoms with E-state index in [0.717, 1.165) is 39.0 Å². The number of piperidine rings is 1. The summed E-state index contributed by atoms with van der Waals surface area (Å²) in [6.07, 6.45) is 3.44. The Hall–Kier alpha value is -0.570. The normalized spacial score (nSPS) is 29.7. The fraction of sp³-hybridized carbons (Fsp3) is 0.889. The number of carbonyl (C=O) groups is 1. The topological polar surface area (TPSA) is 32.3 Å². The molecule has 1 amide bonds. The summed E-state index contributed by atoms with van der Waals surface area (Å²) in [5.74, 6) is 0.660. The molecule has 0 aromatic rings. The van der Waals surface area contributed by atoms with Gasteiger partial charge in [-0.3, -0.25) is 4.79 Å². The molecule has 12 heavy (non-hydrogen) atoms. The average molecular weight is 168 g/mol. The highest BCUT2D eigenvalue weighted by Gasteiger charge is 2.28. The molecule has 0 aliphatic carbocycles. The second-order valence-corrected chi connectivity index (χ2v) is 3.72. The lowest BCUT2D eigenvalue weighted by molar-refractivity contribution is -0.139. The quantitative estimate of drug-likeness (QED) is 0.607. The number of hydrogen-bond donors (Lipinski definition) is 1. The van der Waals surface area contributed by atoms with Crippen LogP contribution in [0.5, 0.6) is 0 Å². The monoisotopic (exact) mass is 168 g/mol. The van der Waals surface area contributed by atoms with Crippen LogP contribution in [0.3, 0.4) is 0 Å². The number of nitrogens with zero attached hydrogens (tertiary/aromatic N) is 1. The molecule has 0 aromatic heterocycles. The zero-order chi connectivity index (χ0) is 8.39. The number of carbonyl (C=O) groups excluding carboxylic acids is 1. The van der Waals surface area contributed by atoms with Crippen LogP contribution in [0.15, 0.2) is 0 Å². The van der Waals surface area contributed by atoms with Gasteiger partial charge in [-0.25, -0.2) is 0 Å². The smallest absolute Gasteiger partial charge is 0.226 e. The van der Waals surface area contributed by atoms with Crippen molar-refractivity contribution in [1.29, 1.82) is 0 Å². The van der Waals surface area contributed by atoms with E-state index in [4.69, 9.17) is 0 Å². The lowest BCUT2D eigenvalue weighted by Gasteiger charge is -2.35. The number of hydrogen-bond acceptors (Lipinski definition) is 2. The molecule has 1 N–H and O–H groups in total. The second kappa shape index (κ2) is 3.44. The Morgan fingerprint density at radius 1 is 1.33 bits per heavy atom. The molecule has 0 saturated carbocycles. The molecular formula is C9H16N2O. The third-order valence-corrected chi connectivity index (χ3v) is 2.81. The fourth-order valence-electron chi connectivity index (χ4n) is 1.86. The van der Waals surface area contributed by atoms with Gasteiger partial charge < -0.3 is 10.2 Å². The van der Waals surface area contributed by atoms with Gasteiger partial charge in [0, 0.05) is 19.6 Å². The molecule has 2 aliphatic rings. The predicted octanol–water partition coefficient (Wildman–Crippen LogP) is 0.218. The maximum atomic E-state index is 11.7. The van der Waals surface area contributed by atoms with Crippen LogP contribution in [-0.2, 0) is 4.79 Å². The van der Waals surface area contributed by atoms with E-state index in [1.807, 2.05) is 4.90 Å². The number of likely N-dealkylation sites (tertiary alicyclic amines) is 1. The lowest BCUT2D eigenvalue weighted by atomic mass is 9.97. The van der Waals surface area contributed by atoms with E-state index >= 15 is 0 Å². The maximum Gasteiger partial charge on any atom is 0.226 e. The van der Waals surface area contributed by atoms with Crippen LogP contribution in [0, 0.1) is 5.92 Å². The highest BCUT2D eigenvalue weighted by molar-refractivity contribution is 5.79. The SMILES string of the molecule is O=C(C1CCCNC1)N1CCC1. The molecule has 2 fully saturated rings. The van der Waals surface area contributed by atoms with E-state index in [9.17, 15) is 4.79 Å². The van der Waals surface area contributed by atoms with E-state index < -0.39 is 0 Å². The van der Waals surface area contributed by atoms with E-state index in [2.05, 4.69) is 5.32 Å². The molecule has 2 heterocycles. The maximum absolute atomic E-state index is 11.7. The highest BCUT2D eigenvalue weighted by Crippen LogP contribution is 2.17. The summed E-state index contributed by atoms with van der Waals surface area (Å²) in [6, 6.07) is 0. The van der Waals surface area contributed by atoms with Gasteiger partial charge in [0.2, 0.25) is 5.91 Å². The van der Waals surface area contributed by atoms with Crippen molar-refractivity contribution in [3.63, 3.8) is 0 Å². The first-order valence-corrected chi connectivity index (χ1v) is 4.87. The number of nitrogens with one attached hydrogen (secondary N) is 1. The van der Waals surface area contributed by atoms with Crippen LogP contribution in [-0.4, -0.2) is 37.0 Å². The summed E-state index contributed by atoms with van der Waals surface area (Å²) in [4.78, 5) is 13.7. The molecule has 1 atom stereocenters. The van der Waals surface area contributed by atoms with Crippen LogP contribution >= 0.6 is 0 Å². The summed E-state index contributed by atoms with van der Waals surface area (Å²) < 4.78 is 0. The molecule has 2 saturated heterocycles. The standard InChI is InChI=1S/C9H16N2O/c12-9(11-5-2-6-11)8-3-1-4-10-7-8/h8,10H,1-7H2. The van der Waals surface area contributed by atoms with Gasteiger partial charge in [0.1, 0.15) is 0 Å².